The summed E-state index contributed by atoms with van der Waals surface area (Å²) in [6.45, 7) is 0.554. The summed E-state index contributed by atoms with van der Waals surface area (Å²) in [6.07, 6.45) is 4.19. The maximum Gasteiger partial charge on any atom is 0.133 e. The van der Waals surface area contributed by atoms with Crippen molar-refractivity contribution < 1.29 is 4.79 Å². The third-order valence-corrected chi connectivity index (χ3v) is 3.55. The average Bonchev–Trinajstić information content (AvgIpc) is 2.71. The van der Waals surface area contributed by atoms with Crippen LogP contribution >= 0.6 is 11.3 Å². The van der Waals surface area contributed by atoms with Gasteiger partial charge in [0.1, 0.15) is 5.78 Å². The van der Waals surface area contributed by atoms with Crippen LogP contribution in [0.2, 0.25) is 0 Å². The van der Waals surface area contributed by atoms with Crippen molar-refractivity contribution in [1.82, 2.24) is 4.98 Å². The molecule has 0 radical (unpaired) electrons. The van der Waals surface area contributed by atoms with Gasteiger partial charge >= 0.3 is 0 Å². The van der Waals surface area contributed by atoms with Gasteiger partial charge in [0.25, 0.3) is 0 Å². The number of nitrogens with two attached hydrogens (primary N) is 1. The number of hydrogen-bond acceptors (Lipinski definition) is 4. The van der Waals surface area contributed by atoms with Crippen molar-refractivity contribution in [3.8, 4) is 0 Å². The summed E-state index contributed by atoms with van der Waals surface area (Å²) >= 11 is 1.64. The molecule has 1 atom stereocenters. The molecule has 3 nitrogen and oxygen atoms in total. The fourth-order valence-corrected chi connectivity index (χ4v) is 2.56. The van der Waals surface area contributed by atoms with Gasteiger partial charge in [-0.15, -0.1) is 11.3 Å². The Labute approximate surface area is 81.0 Å². The molecule has 1 saturated carbocycles. The first-order valence-corrected chi connectivity index (χ1v) is 5.27. The summed E-state index contributed by atoms with van der Waals surface area (Å²) in [5.41, 5.74) is 5.49. The van der Waals surface area contributed by atoms with Crippen LogP contribution in [0.25, 0.3) is 0 Å². The van der Waals surface area contributed by atoms with Crippen LogP contribution in [0.15, 0.2) is 6.20 Å². The van der Waals surface area contributed by atoms with E-state index in [1.165, 1.54) is 0 Å². The summed E-state index contributed by atoms with van der Waals surface area (Å²) in [6, 6.07) is 0. The van der Waals surface area contributed by atoms with Crippen LogP contribution in [0.5, 0.6) is 0 Å². The third-order valence-electron chi connectivity index (χ3n) is 2.37. The number of thiazole rings is 1. The van der Waals surface area contributed by atoms with E-state index in [2.05, 4.69) is 4.98 Å². The summed E-state index contributed by atoms with van der Waals surface area (Å²) in [7, 11) is 0. The summed E-state index contributed by atoms with van der Waals surface area (Å²) in [5.74, 6) is 0.743. The van der Waals surface area contributed by atoms with Crippen LogP contribution in [0.3, 0.4) is 0 Å². The smallest absolute Gasteiger partial charge is 0.133 e. The van der Waals surface area contributed by atoms with Crippen molar-refractivity contribution in [2.75, 3.05) is 0 Å². The zero-order valence-electron chi connectivity index (χ0n) is 7.32. The van der Waals surface area contributed by atoms with Gasteiger partial charge in [-0.2, -0.15) is 0 Å². The van der Waals surface area contributed by atoms with E-state index >= 15 is 0 Å². The number of carbonyl (C=O) groups excluding carboxylic acids is 1. The van der Waals surface area contributed by atoms with E-state index in [0.717, 1.165) is 22.7 Å². The lowest BCUT2D eigenvalue weighted by atomic mass is 10.1. The van der Waals surface area contributed by atoms with E-state index in [4.69, 9.17) is 5.73 Å². The molecule has 0 unspecified atom stereocenters. The van der Waals surface area contributed by atoms with Crippen molar-refractivity contribution in [2.24, 2.45) is 5.73 Å². The van der Waals surface area contributed by atoms with Gasteiger partial charge in [-0.25, -0.2) is 4.98 Å². The van der Waals surface area contributed by atoms with Crippen molar-refractivity contribution in [1.29, 1.82) is 0 Å². The minimum absolute atomic E-state index is 0.370. The number of nitrogens with zero attached hydrogens (tertiary/aromatic N) is 1. The largest absolute Gasteiger partial charge is 0.326 e. The predicted octanol–water partition coefficient (Wildman–Crippen LogP) is 1.44. The monoisotopic (exact) mass is 196 g/mol. The molecular formula is C9H12N2OS. The first-order valence-electron chi connectivity index (χ1n) is 4.46. The molecule has 0 aliphatic heterocycles. The van der Waals surface area contributed by atoms with Crippen LogP contribution < -0.4 is 5.73 Å². The van der Waals surface area contributed by atoms with Crippen molar-refractivity contribution in [2.45, 2.75) is 31.7 Å². The number of Topliss-reactive ketones (excluding diaryl/α,β-unsaturated/α-hetero) is 1. The van der Waals surface area contributed by atoms with Crippen LogP contribution in [-0.4, -0.2) is 10.8 Å². The zero-order chi connectivity index (χ0) is 9.26. The van der Waals surface area contributed by atoms with Gasteiger partial charge in [0.2, 0.25) is 0 Å². The first-order chi connectivity index (χ1) is 6.29. The highest BCUT2D eigenvalue weighted by Gasteiger charge is 2.25. The summed E-state index contributed by atoms with van der Waals surface area (Å²) in [4.78, 5) is 16.5. The van der Waals surface area contributed by atoms with Gasteiger partial charge in [0.15, 0.2) is 0 Å². The molecule has 1 fully saturated rings. The van der Waals surface area contributed by atoms with Gasteiger partial charge in [-0.1, -0.05) is 0 Å². The highest BCUT2D eigenvalue weighted by atomic mass is 32.1. The minimum Gasteiger partial charge on any atom is -0.326 e. The van der Waals surface area contributed by atoms with Crippen LogP contribution in [0.1, 0.15) is 35.1 Å². The molecule has 4 heteroatoms. The molecule has 1 aliphatic carbocycles. The quantitative estimate of drug-likeness (QED) is 0.778. The van der Waals surface area contributed by atoms with Crippen LogP contribution in [0, 0.1) is 0 Å². The number of aromatic nitrogens is 1. The topological polar surface area (TPSA) is 56.0 Å². The Kier molecular flexibility index (Phi) is 2.42. The SMILES string of the molecule is NCc1cnc([C@H]2CCC(=O)C2)s1. The molecule has 2 rings (SSSR count). The molecule has 13 heavy (non-hydrogen) atoms. The Balaban J connectivity index is 2.12. The van der Waals surface area contributed by atoms with Crippen LogP contribution in [0.4, 0.5) is 0 Å². The Hall–Kier alpha value is -0.740. The molecule has 70 valence electrons. The second-order valence-electron chi connectivity index (χ2n) is 3.35. The maximum atomic E-state index is 11.1. The number of ketones is 1. The second-order valence-corrected chi connectivity index (χ2v) is 4.49. The van der Waals surface area contributed by atoms with E-state index in [0.29, 0.717) is 24.7 Å². The fourth-order valence-electron chi connectivity index (χ4n) is 1.63. The third kappa shape index (κ3) is 1.78. The van der Waals surface area contributed by atoms with E-state index < -0.39 is 0 Å². The molecule has 1 aromatic rings. The number of hydrogen-bond donors (Lipinski definition) is 1. The average molecular weight is 196 g/mol. The fraction of sp³-hybridized carbons (Fsp3) is 0.556. The Morgan fingerprint density at radius 3 is 3.08 bits per heavy atom. The lowest BCUT2D eigenvalue weighted by molar-refractivity contribution is -0.117. The van der Waals surface area contributed by atoms with Crippen LogP contribution in [-0.2, 0) is 11.3 Å². The van der Waals surface area contributed by atoms with E-state index in [9.17, 15) is 4.79 Å². The van der Waals surface area contributed by atoms with Gasteiger partial charge in [-0.05, 0) is 6.42 Å². The van der Waals surface area contributed by atoms with Gasteiger partial charge in [0.05, 0.1) is 5.01 Å². The lowest BCUT2D eigenvalue weighted by Crippen LogP contribution is -1.92. The second kappa shape index (κ2) is 3.55. The van der Waals surface area contributed by atoms with Crippen molar-refractivity contribution >= 4 is 17.1 Å². The molecule has 1 aliphatic rings. The van der Waals surface area contributed by atoms with E-state index in [1.54, 1.807) is 11.3 Å². The highest BCUT2D eigenvalue weighted by Crippen LogP contribution is 2.34. The molecule has 1 aromatic heterocycles. The molecule has 0 bridgehead atoms. The Morgan fingerprint density at radius 2 is 2.54 bits per heavy atom. The molecule has 0 aromatic carbocycles. The Morgan fingerprint density at radius 1 is 1.69 bits per heavy atom. The van der Waals surface area contributed by atoms with Crippen molar-refractivity contribution in [3.05, 3.63) is 16.1 Å². The van der Waals surface area contributed by atoms with Gasteiger partial charge in [0, 0.05) is 36.4 Å². The normalized spacial score (nSPS) is 22.5. The lowest BCUT2D eigenvalue weighted by Gasteiger charge is -2.00. The van der Waals surface area contributed by atoms with E-state index in [-0.39, 0.29) is 0 Å². The highest BCUT2D eigenvalue weighted by molar-refractivity contribution is 7.11. The maximum absolute atomic E-state index is 11.1. The van der Waals surface area contributed by atoms with Gasteiger partial charge < -0.3 is 5.73 Å². The van der Waals surface area contributed by atoms with E-state index in [1.807, 2.05) is 6.20 Å². The molecule has 2 N–H and O–H groups in total. The first kappa shape index (κ1) is 8.84. The Bertz CT molecular complexity index is 321. The molecule has 0 saturated heterocycles. The van der Waals surface area contributed by atoms with Gasteiger partial charge in [-0.3, -0.25) is 4.79 Å². The summed E-state index contributed by atoms with van der Waals surface area (Å²) < 4.78 is 0. The molecule has 0 amide bonds. The molecular weight excluding hydrogens is 184 g/mol. The minimum atomic E-state index is 0.370. The zero-order valence-corrected chi connectivity index (χ0v) is 8.14. The molecule has 0 spiro atoms. The summed E-state index contributed by atoms with van der Waals surface area (Å²) in [5, 5.41) is 1.09. The number of carbonyl (C=O) groups is 1. The van der Waals surface area contributed by atoms with Crippen molar-refractivity contribution in [3.63, 3.8) is 0 Å². The predicted molar refractivity (Wildman–Crippen MR) is 51.6 cm³/mol. The molecule has 1 heterocycles. The number of rotatable bonds is 2. The standard InChI is InChI=1S/C9H12N2OS/c10-4-8-5-11-9(13-8)6-1-2-7(12)3-6/h5-6H,1-4,10H2/t6-/m0/s1.